The normalized spacial score (nSPS) is 10.2. The van der Waals surface area contributed by atoms with Gasteiger partial charge in [0.15, 0.2) is 5.75 Å². The second kappa shape index (κ2) is 6.03. The number of benzene rings is 2. The molecule has 0 atom stereocenters. The Morgan fingerprint density at radius 1 is 1.20 bits per heavy atom. The highest BCUT2D eigenvalue weighted by atomic mass is 35.5. The third-order valence-corrected chi connectivity index (χ3v) is 3.00. The van der Waals surface area contributed by atoms with E-state index in [1.165, 1.54) is 19.2 Å². The summed E-state index contributed by atoms with van der Waals surface area (Å²) in [5.41, 5.74) is 6.16. The molecule has 2 N–H and O–H groups in total. The lowest BCUT2D eigenvalue weighted by molar-refractivity contribution is 0.0598. The van der Waals surface area contributed by atoms with Crippen molar-refractivity contribution in [2.75, 3.05) is 12.8 Å². The molecule has 20 heavy (non-hydrogen) atoms. The fourth-order valence-electron chi connectivity index (χ4n) is 1.63. The standard InChI is InChI=1S/C14H11Cl2NO3/c1-19-14(18)11-6-9(17)7-12(16)13(11)20-10-4-2-3-8(15)5-10/h2-7H,17H2,1H3. The van der Waals surface area contributed by atoms with Crippen molar-refractivity contribution in [2.24, 2.45) is 0 Å². The molecule has 0 aliphatic heterocycles. The van der Waals surface area contributed by atoms with E-state index in [2.05, 4.69) is 4.74 Å². The number of esters is 1. The first-order valence-corrected chi connectivity index (χ1v) is 6.37. The molecular formula is C14H11Cl2NO3. The Labute approximate surface area is 126 Å². The Balaban J connectivity index is 2.47. The van der Waals surface area contributed by atoms with Crippen LogP contribution >= 0.6 is 23.2 Å². The van der Waals surface area contributed by atoms with Crippen LogP contribution in [0.3, 0.4) is 0 Å². The second-order valence-corrected chi connectivity index (χ2v) is 4.77. The summed E-state index contributed by atoms with van der Waals surface area (Å²) in [4.78, 5) is 11.8. The molecular weight excluding hydrogens is 301 g/mol. The first-order chi connectivity index (χ1) is 9.51. The highest BCUT2D eigenvalue weighted by Crippen LogP contribution is 2.36. The Bertz CT molecular complexity index is 659. The van der Waals surface area contributed by atoms with Crippen LogP contribution in [0.4, 0.5) is 5.69 Å². The van der Waals surface area contributed by atoms with E-state index in [0.717, 1.165) is 0 Å². The van der Waals surface area contributed by atoms with Crippen LogP contribution in [-0.2, 0) is 4.74 Å². The highest BCUT2D eigenvalue weighted by molar-refractivity contribution is 6.33. The zero-order chi connectivity index (χ0) is 14.7. The number of ether oxygens (including phenoxy) is 2. The van der Waals surface area contributed by atoms with Crippen LogP contribution in [0, 0.1) is 0 Å². The van der Waals surface area contributed by atoms with Crippen LogP contribution in [0.15, 0.2) is 36.4 Å². The number of hydrogen-bond donors (Lipinski definition) is 1. The van der Waals surface area contributed by atoms with Crippen LogP contribution in [-0.4, -0.2) is 13.1 Å². The molecule has 4 nitrogen and oxygen atoms in total. The van der Waals surface area contributed by atoms with Gasteiger partial charge in [0.05, 0.1) is 12.1 Å². The van der Waals surface area contributed by atoms with Crippen LogP contribution in [0.25, 0.3) is 0 Å². The molecule has 2 aromatic carbocycles. The van der Waals surface area contributed by atoms with Crippen molar-refractivity contribution in [1.29, 1.82) is 0 Å². The van der Waals surface area contributed by atoms with Gasteiger partial charge in [0.1, 0.15) is 11.3 Å². The summed E-state index contributed by atoms with van der Waals surface area (Å²) in [6.45, 7) is 0. The quantitative estimate of drug-likeness (QED) is 0.683. The van der Waals surface area contributed by atoms with Crippen LogP contribution in [0.2, 0.25) is 10.0 Å². The number of hydrogen-bond acceptors (Lipinski definition) is 4. The van der Waals surface area contributed by atoms with Crippen molar-refractivity contribution in [3.63, 3.8) is 0 Å². The minimum Gasteiger partial charge on any atom is -0.465 e. The maximum atomic E-state index is 11.8. The molecule has 0 spiro atoms. The Morgan fingerprint density at radius 2 is 1.95 bits per heavy atom. The van der Waals surface area contributed by atoms with E-state index in [4.69, 9.17) is 33.7 Å². The second-order valence-electron chi connectivity index (χ2n) is 3.93. The van der Waals surface area contributed by atoms with Crippen LogP contribution in [0.5, 0.6) is 11.5 Å². The van der Waals surface area contributed by atoms with E-state index >= 15 is 0 Å². The summed E-state index contributed by atoms with van der Waals surface area (Å²) >= 11 is 12.0. The minimum atomic E-state index is -0.587. The van der Waals surface area contributed by atoms with Gasteiger partial charge in [0.25, 0.3) is 0 Å². The van der Waals surface area contributed by atoms with Gasteiger partial charge < -0.3 is 15.2 Å². The van der Waals surface area contributed by atoms with Gasteiger partial charge in [0, 0.05) is 10.7 Å². The SMILES string of the molecule is COC(=O)c1cc(N)cc(Cl)c1Oc1cccc(Cl)c1. The van der Waals surface area contributed by atoms with E-state index < -0.39 is 5.97 Å². The summed E-state index contributed by atoms with van der Waals surface area (Å²) in [6.07, 6.45) is 0. The topological polar surface area (TPSA) is 61.5 Å². The predicted octanol–water partition coefficient (Wildman–Crippen LogP) is 4.15. The fraction of sp³-hybridized carbons (Fsp3) is 0.0714. The van der Waals surface area contributed by atoms with Crippen molar-refractivity contribution in [3.8, 4) is 11.5 Å². The van der Waals surface area contributed by atoms with Gasteiger partial charge in [-0.15, -0.1) is 0 Å². The van der Waals surface area contributed by atoms with Crippen molar-refractivity contribution in [2.45, 2.75) is 0 Å². The molecule has 0 aliphatic carbocycles. The van der Waals surface area contributed by atoms with Gasteiger partial charge in [-0.05, 0) is 30.3 Å². The maximum absolute atomic E-state index is 11.8. The first kappa shape index (κ1) is 14.5. The first-order valence-electron chi connectivity index (χ1n) is 5.62. The number of nitrogen functional groups attached to an aromatic ring is 1. The average Bonchev–Trinajstić information content (AvgIpc) is 2.40. The number of anilines is 1. The number of methoxy groups -OCH3 is 1. The maximum Gasteiger partial charge on any atom is 0.341 e. The van der Waals surface area contributed by atoms with Crippen molar-refractivity contribution < 1.29 is 14.3 Å². The summed E-state index contributed by atoms with van der Waals surface area (Å²) in [5, 5.41) is 0.721. The van der Waals surface area contributed by atoms with Gasteiger partial charge in [-0.3, -0.25) is 0 Å². The largest absolute Gasteiger partial charge is 0.465 e. The van der Waals surface area contributed by atoms with Gasteiger partial charge >= 0.3 is 5.97 Å². The van der Waals surface area contributed by atoms with Crippen molar-refractivity contribution in [1.82, 2.24) is 0 Å². The zero-order valence-electron chi connectivity index (χ0n) is 10.5. The molecule has 104 valence electrons. The molecule has 0 radical (unpaired) electrons. The summed E-state index contributed by atoms with van der Waals surface area (Å²) < 4.78 is 10.3. The van der Waals surface area contributed by atoms with Crippen molar-refractivity contribution in [3.05, 3.63) is 52.0 Å². The molecule has 0 bridgehead atoms. The lowest BCUT2D eigenvalue weighted by Gasteiger charge is -2.12. The zero-order valence-corrected chi connectivity index (χ0v) is 12.0. The van der Waals surface area contributed by atoms with Gasteiger partial charge in [-0.1, -0.05) is 29.3 Å². The Hall–Kier alpha value is -1.91. The molecule has 0 unspecified atom stereocenters. The molecule has 2 aromatic rings. The number of rotatable bonds is 3. The van der Waals surface area contributed by atoms with E-state index in [9.17, 15) is 4.79 Å². The lowest BCUT2D eigenvalue weighted by Crippen LogP contribution is -2.05. The molecule has 0 saturated heterocycles. The number of nitrogens with two attached hydrogens (primary N) is 1. The van der Waals surface area contributed by atoms with E-state index in [1.54, 1.807) is 24.3 Å². The lowest BCUT2D eigenvalue weighted by atomic mass is 10.1. The molecule has 0 amide bonds. The smallest absolute Gasteiger partial charge is 0.341 e. The molecule has 0 fully saturated rings. The molecule has 6 heteroatoms. The number of halogens is 2. The fourth-order valence-corrected chi connectivity index (χ4v) is 2.07. The van der Waals surface area contributed by atoms with E-state index in [0.29, 0.717) is 16.5 Å². The Morgan fingerprint density at radius 3 is 2.60 bits per heavy atom. The van der Waals surface area contributed by atoms with Gasteiger partial charge in [0.2, 0.25) is 0 Å². The molecule has 0 saturated carbocycles. The number of carbonyl (C=O) groups excluding carboxylic acids is 1. The van der Waals surface area contributed by atoms with E-state index in [1.807, 2.05) is 0 Å². The summed E-state index contributed by atoms with van der Waals surface area (Å²) in [5.74, 6) is 0.0422. The molecule has 0 heterocycles. The highest BCUT2D eigenvalue weighted by Gasteiger charge is 2.18. The molecule has 0 aliphatic rings. The van der Waals surface area contributed by atoms with Crippen LogP contribution < -0.4 is 10.5 Å². The van der Waals surface area contributed by atoms with Gasteiger partial charge in [-0.25, -0.2) is 4.79 Å². The third kappa shape index (κ3) is 3.15. The Kier molecular flexibility index (Phi) is 4.37. The predicted molar refractivity (Wildman–Crippen MR) is 78.7 cm³/mol. The summed E-state index contributed by atoms with van der Waals surface area (Å²) in [6, 6.07) is 9.67. The van der Waals surface area contributed by atoms with Crippen LogP contribution in [0.1, 0.15) is 10.4 Å². The van der Waals surface area contributed by atoms with E-state index in [-0.39, 0.29) is 16.3 Å². The molecule has 2 rings (SSSR count). The number of carbonyl (C=O) groups is 1. The average molecular weight is 312 g/mol. The molecule has 0 aromatic heterocycles. The minimum absolute atomic E-state index is 0.150. The third-order valence-electron chi connectivity index (χ3n) is 2.49. The monoisotopic (exact) mass is 311 g/mol. The summed E-state index contributed by atoms with van der Waals surface area (Å²) in [7, 11) is 1.27. The van der Waals surface area contributed by atoms with Crippen molar-refractivity contribution >= 4 is 34.9 Å². The van der Waals surface area contributed by atoms with Gasteiger partial charge in [-0.2, -0.15) is 0 Å².